The number of phenols is 1. The Morgan fingerprint density at radius 2 is 1.72 bits per heavy atom. The number of carbonyl (C=O) groups is 3. The van der Waals surface area contributed by atoms with Crippen LogP contribution in [-0.2, 0) is 20.8 Å². The Balaban J connectivity index is 0.947. The van der Waals surface area contributed by atoms with Crippen molar-refractivity contribution in [3.05, 3.63) is 94.2 Å². The molecule has 14 nitrogen and oxygen atoms in total. The Morgan fingerprint density at radius 3 is 2.40 bits per heavy atom. The summed E-state index contributed by atoms with van der Waals surface area (Å²) in [5.41, 5.74) is 22.6. The topological polar surface area (TPSA) is 209 Å². The van der Waals surface area contributed by atoms with Crippen molar-refractivity contribution in [2.24, 2.45) is 17.2 Å². The zero-order chi connectivity index (χ0) is 37.2. The number of nitrogens with zero attached hydrogens (tertiary/aromatic N) is 5. The third-order valence-corrected chi connectivity index (χ3v) is 11.1. The summed E-state index contributed by atoms with van der Waals surface area (Å²) < 4.78 is 0. The maximum atomic E-state index is 13.3. The molecular formula is C38H45ClN10O4. The molecule has 7 rings (SSSR count). The van der Waals surface area contributed by atoms with Gasteiger partial charge in [-0.15, -0.1) is 0 Å². The zero-order valence-corrected chi connectivity index (χ0v) is 30.1. The highest BCUT2D eigenvalue weighted by Gasteiger charge is 2.42. The van der Waals surface area contributed by atoms with Crippen LogP contribution in [0.15, 0.2) is 72.3 Å². The molecule has 15 heteroatoms. The molecule has 1 aromatic heterocycles. The Hall–Kier alpha value is -5.50. The SMILES string of the molecule is NC(N)=C(/C=C(\N)c1ccccc1O)N1C[C@H]2CC[C@@H](C1)N2c1nccc(C2CCN(C(=O)Cc3ccc(N[C@H]4CCC(=O)NC4=O)cc3Cl)CC2)n1. The number of hydrogen-bond donors (Lipinski definition) is 6. The number of nitrogens with two attached hydrogens (primary N) is 3. The number of carbonyl (C=O) groups excluding carboxylic acids is 3. The molecule has 4 aliphatic heterocycles. The summed E-state index contributed by atoms with van der Waals surface area (Å²) in [6.45, 7) is 2.58. The van der Waals surface area contributed by atoms with Gasteiger partial charge in [0.05, 0.1) is 12.1 Å². The van der Waals surface area contributed by atoms with Crippen LogP contribution in [0.5, 0.6) is 5.75 Å². The average molecular weight is 741 g/mol. The number of para-hydroxylation sites is 1. The van der Waals surface area contributed by atoms with E-state index in [1.54, 1.807) is 42.5 Å². The predicted octanol–water partition coefficient (Wildman–Crippen LogP) is 2.74. The first-order chi connectivity index (χ1) is 25.5. The van der Waals surface area contributed by atoms with Gasteiger partial charge in [-0.2, -0.15) is 0 Å². The van der Waals surface area contributed by atoms with Crippen LogP contribution in [0.3, 0.4) is 0 Å². The number of benzene rings is 2. The van der Waals surface area contributed by atoms with Gasteiger partial charge in [0.1, 0.15) is 17.6 Å². The number of piperidine rings is 2. The highest BCUT2D eigenvalue weighted by molar-refractivity contribution is 6.31. The fourth-order valence-electron chi connectivity index (χ4n) is 7.95. The second kappa shape index (κ2) is 15.2. The van der Waals surface area contributed by atoms with Gasteiger partial charge in [0.15, 0.2) is 0 Å². The molecule has 9 N–H and O–H groups in total. The largest absolute Gasteiger partial charge is 0.507 e. The fourth-order valence-corrected chi connectivity index (χ4v) is 8.20. The number of aromatic nitrogens is 2. The summed E-state index contributed by atoms with van der Waals surface area (Å²) >= 11 is 6.57. The van der Waals surface area contributed by atoms with Crippen LogP contribution in [0.25, 0.3) is 5.70 Å². The molecular weight excluding hydrogens is 696 g/mol. The molecule has 0 unspecified atom stereocenters. The number of rotatable bonds is 9. The van der Waals surface area contributed by atoms with Gasteiger partial charge in [-0.05, 0) is 74.1 Å². The summed E-state index contributed by atoms with van der Waals surface area (Å²) in [6, 6.07) is 14.0. The molecule has 3 aromatic rings. The summed E-state index contributed by atoms with van der Waals surface area (Å²) in [5.74, 6) is 0.562. The van der Waals surface area contributed by atoms with E-state index < -0.39 is 6.04 Å². The smallest absolute Gasteiger partial charge is 0.249 e. The first-order valence-electron chi connectivity index (χ1n) is 18.1. The fraction of sp³-hybridized carbons (Fsp3) is 0.395. The number of hydrogen-bond acceptors (Lipinski definition) is 12. The number of halogens is 1. The van der Waals surface area contributed by atoms with E-state index >= 15 is 0 Å². The molecule has 2 aromatic carbocycles. The van der Waals surface area contributed by atoms with Gasteiger partial charge >= 0.3 is 0 Å². The molecule has 2 bridgehead atoms. The number of anilines is 2. The third-order valence-electron chi connectivity index (χ3n) is 10.8. The minimum Gasteiger partial charge on any atom is -0.507 e. The molecule has 0 spiro atoms. The van der Waals surface area contributed by atoms with E-state index in [0.29, 0.717) is 66.2 Å². The maximum absolute atomic E-state index is 13.3. The lowest BCUT2D eigenvalue weighted by atomic mass is 9.93. The minimum absolute atomic E-state index is 0.0118. The van der Waals surface area contributed by atoms with Gasteiger partial charge in [-0.25, -0.2) is 9.97 Å². The molecule has 3 amide bonds. The van der Waals surface area contributed by atoms with Gasteiger partial charge in [0, 0.05) is 84.5 Å². The Bertz CT molecular complexity index is 1940. The van der Waals surface area contributed by atoms with Gasteiger partial charge in [0.25, 0.3) is 0 Å². The standard InChI is InChI=1S/C38H45ClN10O4/c39-28-18-24(44-31-9-10-34(51)46-37(31)53)6-5-23(28)17-35(52)47-15-12-22(13-16-47)30-11-14-43-38(45-30)49-25-7-8-26(49)21-48(20-25)32(36(41)42)19-29(40)27-3-1-2-4-33(27)50/h1-6,11,14,18-19,22,25-26,31,44,50H,7-10,12-13,15-17,20-21,40-42H2,(H,46,51,53)/b29-19-/t25-,26+,31-/m0/s1. The average Bonchev–Trinajstić information content (AvgIpc) is 3.41. The molecule has 0 radical (unpaired) electrons. The van der Waals surface area contributed by atoms with E-state index in [2.05, 4.69) is 20.4 Å². The number of piperazine rings is 1. The Morgan fingerprint density at radius 1 is 0.981 bits per heavy atom. The van der Waals surface area contributed by atoms with Crippen molar-refractivity contribution in [1.29, 1.82) is 0 Å². The highest BCUT2D eigenvalue weighted by atomic mass is 35.5. The second-order valence-electron chi connectivity index (χ2n) is 14.2. The van der Waals surface area contributed by atoms with E-state index in [-0.39, 0.29) is 60.1 Å². The van der Waals surface area contributed by atoms with Crippen molar-refractivity contribution in [1.82, 2.24) is 25.1 Å². The van der Waals surface area contributed by atoms with Crippen LogP contribution >= 0.6 is 11.6 Å². The van der Waals surface area contributed by atoms with Crippen molar-refractivity contribution < 1.29 is 19.5 Å². The lowest BCUT2D eigenvalue weighted by Gasteiger charge is -2.43. The quantitative estimate of drug-likeness (QED) is 0.138. The van der Waals surface area contributed by atoms with Gasteiger partial charge in [0.2, 0.25) is 23.7 Å². The number of amides is 3. The lowest BCUT2D eigenvalue weighted by Crippen LogP contribution is -2.54. The molecule has 3 atom stereocenters. The van der Waals surface area contributed by atoms with Gasteiger partial charge in [-0.1, -0.05) is 29.8 Å². The molecule has 4 fully saturated rings. The van der Waals surface area contributed by atoms with Crippen LogP contribution in [0, 0.1) is 0 Å². The van der Waals surface area contributed by atoms with Crippen molar-refractivity contribution in [3.63, 3.8) is 0 Å². The van der Waals surface area contributed by atoms with E-state index in [9.17, 15) is 19.5 Å². The molecule has 278 valence electrons. The second-order valence-corrected chi connectivity index (χ2v) is 14.6. The number of allylic oxidation sites excluding steroid dienone is 1. The molecule has 0 aliphatic carbocycles. The molecule has 5 heterocycles. The monoisotopic (exact) mass is 740 g/mol. The van der Waals surface area contributed by atoms with Crippen LogP contribution in [-0.4, -0.2) is 86.9 Å². The molecule has 4 aliphatic rings. The minimum atomic E-state index is -0.512. The van der Waals surface area contributed by atoms with Gasteiger partial charge < -0.3 is 42.3 Å². The van der Waals surface area contributed by atoms with Crippen LogP contribution < -0.4 is 32.7 Å². The van der Waals surface area contributed by atoms with Crippen LogP contribution in [0.1, 0.15) is 61.3 Å². The molecule has 4 saturated heterocycles. The van der Waals surface area contributed by atoms with E-state index in [0.717, 1.165) is 36.9 Å². The number of likely N-dealkylation sites (tertiary alicyclic amines) is 2. The van der Waals surface area contributed by atoms with Gasteiger partial charge in [-0.3, -0.25) is 19.7 Å². The predicted molar refractivity (Wildman–Crippen MR) is 202 cm³/mol. The maximum Gasteiger partial charge on any atom is 0.249 e. The normalized spacial score (nSPS) is 22.1. The molecule has 53 heavy (non-hydrogen) atoms. The molecule has 0 saturated carbocycles. The number of nitrogens with one attached hydrogen (secondary N) is 2. The number of phenolic OH excluding ortho intramolecular Hbond substituents is 1. The number of aromatic hydroxyl groups is 1. The van der Waals surface area contributed by atoms with Crippen molar-refractivity contribution >= 4 is 46.7 Å². The zero-order valence-electron chi connectivity index (χ0n) is 29.4. The van der Waals surface area contributed by atoms with Crippen LogP contribution in [0.4, 0.5) is 11.6 Å². The summed E-state index contributed by atoms with van der Waals surface area (Å²) in [7, 11) is 0. The van der Waals surface area contributed by atoms with E-state index in [1.165, 1.54) is 0 Å². The van der Waals surface area contributed by atoms with Crippen molar-refractivity contribution in [3.8, 4) is 5.75 Å². The van der Waals surface area contributed by atoms with Crippen molar-refractivity contribution in [2.45, 2.75) is 69.0 Å². The van der Waals surface area contributed by atoms with Crippen molar-refractivity contribution in [2.75, 3.05) is 36.4 Å². The highest BCUT2D eigenvalue weighted by Crippen LogP contribution is 2.37. The summed E-state index contributed by atoms with van der Waals surface area (Å²) in [5, 5.41) is 16.2. The van der Waals surface area contributed by atoms with E-state index in [1.807, 2.05) is 23.2 Å². The van der Waals surface area contributed by atoms with Crippen LogP contribution in [0.2, 0.25) is 5.02 Å². The lowest BCUT2D eigenvalue weighted by molar-refractivity contribution is -0.134. The Kier molecular flexibility index (Phi) is 10.3. The third kappa shape index (κ3) is 7.82. The Labute approximate surface area is 313 Å². The number of fused-ring (bicyclic) bond motifs is 2. The number of imide groups is 1. The summed E-state index contributed by atoms with van der Waals surface area (Å²) in [6.07, 6.45) is 7.99. The first-order valence-corrected chi connectivity index (χ1v) is 18.4. The first kappa shape index (κ1) is 35.9. The summed E-state index contributed by atoms with van der Waals surface area (Å²) in [4.78, 5) is 53.1. The van der Waals surface area contributed by atoms with E-state index in [4.69, 9.17) is 38.8 Å².